The van der Waals surface area contributed by atoms with E-state index in [9.17, 15) is 8.42 Å². The molecule has 0 amide bonds. The van der Waals surface area contributed by atoms with Crippen LogP contribution in [-0.4, -0.2) is 30.2 Å². The number of rotatable bonds is 3. The molecular formula is C12H12N4O2S3. The fraction of sp³-hybridized carbons (Fsp3) is 0.250. The Morgan fingerprint density at radius 3 is 2.76 bits per heavy atom. The van der Waals surface area contributed by atoms with Crippen molar-refractivity contribution in [1.29, 1.82) is 0 Å². The van der Waals surface area contributed by atoms with Crippen LogP contribution in [0.25, 0.3) is 0 Å². The van der Waals surface area contributed by atoms with Crippen molar-refractivity contribution >= 4 is 38.4 Å². The topological polar surface area (TPSA) is 87.2 Å². The van der Waals surface area contributed by atoms with Crippen LogP contribution in [0, 0.1) is 3.95 Å². The van der Waals surface area contributed by atoms with Crippen LogP contribution in [0.4, 0.5) is 0 Å². The summed E-state index contributed by atoms with van der Waals surface area (Å²) >= 11 is 6.08. The van der Waals surface area contributed by atoms with Gasteiger partial charge >= 0.3 is 0 Å². The summed E-state index contributed by atoms with van der Waals surface area (Å²) in [5.41, 5.74) is 3.71. The van der Waals surface area contributed by atoms with E-state index in [0.717, 1.165) is 16.9 Å². The van der Waals surface area contributed by atoms with Crippen molar-refractivity contribution in [2.75, 3.05) is 6.54 Å². The molecule has 3 rings (SSSR count). The number of nitrogens with zero attached hydrogens (tertiary/aromatic N) is 2. The van der Waals surface area contributed by atoms with Crippen molar-refractivity contribution in [1.82, 2.24) is 15.6 Å². The summed E-state index contributed by atoms with van der Waals surface area (Å²) in [5.74, 6) is -0.447. The van der Waals surface area contributed by atoms with Gasteiger partial charge in [0.2, 0.25) is 9.84 Å². The van der Waals surface area contributed by atoms with Gasteiger partial charge in [-0.25, -0.2) is 8.42 Å². The molecule has 1 aromatic heterocycles. The summed E-state index contributed by atoms with van der Waals surface area (Å²) in [4.78, 5) is 0. The molecule has 0 aliphatic carbocycles. The fourth-order valence-electron chi connectivity index (χ4n) is 2.17. The van der Waals surface area contributed by atoms with E-state index in [1.54, 1.807) is 0 Å². The van der Waals surface area contributed by atoms with Crippen LogP contribution in [0.5, 0.6) is 0 Å². The summed E-state index contributed by atoms with van der Waals surface area (Å²) in [7, 11) is -3.53. The van der Waals surface area contributed by atoms with Gasteiger partial charge in [-0.1, -0.05) is 41.7 Å². The van der Waals surface area contributed by atoms with Crippen molar-refractivity contribution in [2.45, 2.75) is 11.7 Å². The van der Waals surface area contributed by atoms with Gasteiger partial charge in [-0.15, -0.1) is 0 Å². The van der Waals surface area contributed by atoms with Gasteiger partial charge in [0.15, 0.2) is 9.00 Å². The molecule has 1 atom stereocenters. The van der Waals surface area contributed by atoms with Crippen molar-refractivity contribution < 1.29 is 8.42 Å². The van der Waals surface area contributed by atoms with E-state index < -0.39 is 9.84 Å². The molecule has 1 aliphatic heterocycles. The third-order valence-electron chi connectivity index (χ3n) is 3.10. The van der Waals surface area contributed by atoms with Crippen molar-refractivity contribution in [3.05, 3.63) is 44.9 Å². The predicted molar refractivity (Wildman–Crippen MR) is 84.5 cm³/mol. The molecule has 21 heavy (non-hydrogen) atoms. The number of aromatic nitrogens is 2. The molecule has 110 valence electrons. The number of aromatic amines is 1. The van der Waals surface area contributed by atoms with Gasteiger partial charge in [-0.3, -0.25) is 5.10 Å². The van der Waals surface area contributed by atoms with Gasteiger partial charge in [0.1, 0.15) is 10.8 Å². The number of nitrogens with one attached hydrogen (secondary N) is 2. The first kappa shape index (κ1) is 14.4. The molecule has 1 unspecified atom stereocenters. The largest absolute Gasteiger partial charge is 0.308 e. The molecule has 2 aromatic rings. The van der Waals surface area contributed by atoms with Crippen LogP contribution in [-0.2, 0) is 15.6 Å². The minimum absolute atomic E-state index is 0.162. The van der Waals surface area contributed by atoms with E-state index in [4.69, 9.17) is 12.2 Å². The van der Waals surface area contributed by atoms with Crippen LogP contribution < -0.4 is 5.43 Å². The number of hydrogen-bond donors (Lipinski definition) is 2. The molecule has 0 fully saturated rings. The van der Waals surface area contributed by atoms with Gasteiger partial charge in [0.25, 0.3) is 0 Å². The number of H-pyrrole nitrogens is 1. The van der Waals surface area contributed by atoms with E-state index in [1.165, 1.54) is 0 Å². The quantitative estimate of drug-likeness (QED) is 0.832. The molecule has 0 bridgehead atoms. The molecule has 1 aliphatic rings. The van der Waals surface area contributed by atoms with E-state index in [1.807, 2.05) is 30.3 Å². The molecule has 0 spiro atoms. The number of hydrogen-bond acceptors (Lipinski definition) is 7. The van der Waals surface area contributed by atoms with Crippen LogP contribution in [0.1, 0.15) is 16.5 Å². The fourth-order valence-corrected chi connectivity index (χ4v) is 5.00. The van der Waals surface area contributed by atoms with E-state index in [0.29, 0.717) is 15.5 Å². The number of benzene rings is 1. The minimum atomic E-state index is -3.53. The third kappa shape index (κ3) is 3.04. The van der Waals surface area contributed by atoms with Gasteiger partial charge in [-0.2, -0.15) is 10.2 Å². The summed E-state index contributed by atoms with van der Waals surface area (Å²) in [6.07, 6.45) is 0. The maximum Gasteiger partial charge on any atom is 0.200 e. The van der Waals surface area contributed by atoms with Gasteiger partial charge in [0, 0.05) is 6.54 Å². The molecule has 2 heterocycles. The van der Waals surface area contributed by atoms with Crippen LogP contribution >= 0.6 is 23.6 Å². The lowest BCUT2D eigenvalue weighted by molar-refractivity contribution is 0.605. The molecule has 1 aromatic carbocycles. The molecule has 9 heteroatoms. The minimum Gasteiger partial charge on any atom is -0.308 e. The van der Waals surface area contributed by atoms with E-state index in [-0.39, 0.29) is 16.7 Å². The molecule has 0 radical (unpaired) electrons. The second-order valence-corrected chi connectivity index (χ2v) is 8.23. The highest BCUT2D eigenvalue weighted by atomic mass is 32.2. The Morgan fingerprint density at radius 2 is 2.10 bits per heavy atom. The van der Waals surface area contributed by atoms with Crippen molar-refractivity contribution in [2.24, 2.45) is 5.10 Å². The monoisotopic (exact) mass is 340 g/mol. The average Bonchev–Trinajstić information content (AvgIpc) is 3.09. The summed E-state index contributed by atoms with van der Waals surface area (Å²) < 4.78 is 25.6. The Hall–Kier alpha value is -1.58. The molecule has 0 saturated carbocycles. The Balaban J connectivity index is 1.89. The normalized spacial score (nSPS) is 18.3. The lowest BCUT2D eigenvalue weighted by atomic mass is 10.0. The second kappa shape index (κ2) is 5.66. The van der Waals surface area contributed by atoms with Crippen LogP contribution in [0.15, 0.2) is 35.4 Å². The summed E-state index contributed by atoms with van der Waals surface area (Å²) in [6.45, 7) is 0.481. The number of hydrazone groups is 1. The first-order chi connectivity index (χ1) is 10.1. The van der Waals surface area contributed by atoms with Crippen molar-refractivity contribution in [3.63, 3.8) is 0 Å². The Bertz CT molecular complexity index is 823. The third-order valence-corrected chi connectivity index (χ3v) is 6.04. The smallest absolute Gasteiger partial charge is 0.200 e. The summed E-state index contributed by atoms with van der Waals surface area (Å²) in [5, 5.41) is 11.1. The maximum atomic E-state index is 12.5. The summed E-state index contributed by atoms with van der Waals surface area (Å²) in [6, 6.07) is 9.48. The van der Waals surface area contributed by atoms with Gasteiger partial charge in [0.05, 0.1) is 5.92 Å². The van der Waals surface area contributed by atoms with E-state index >= 15 is 0 Å². The van der Waals surface area contributed by atoms with Crippen LogP contribution in [0.2, 0.25) is 0 Å². The highest BCUT2D eigenvalue weighted by Crippen LogP contribution is 2.25. The highest BCUT2D eigenvalue weighted by molar-refractivity contribution is 8.05. The zero-order valence-corrected chi connectivity index (χ0v) is 13.3. The van der Waals surface area contributed by atoms with Gasteiger partial charge in [-0.05, 0) is 17.8 Å². The second-order valence-electron chi connectivity index (χ2n) is 4.54. The SMILES string of the molecule is O=S(=O)(Cc1n[nH]c(=S)s1)C1=NNCC1c1ccccc1. The van der Waals surface area contributed by atoms with Gasteiger partial charge < -0.3 is 5.43 Å². The maximum absolute atomic E-state index is 12.5. The average molecular weight is 340 g/mol. The zero-order valence-electron chi connectivity index (χ0n) is 10.8. The Labute approximate surface area is 130 Å². The molecule has 0 saturated heterocycles. The first-order valence-electron chi connectivity index (χ1n) is 6.19. The van der Waals surface area contributed by atoms with Crippen LogP contribution in [0.3, 0.4) is 0 Å². The highest BCUT2D eigenvalue weighted by Gasteiger charge is 2.34. The Morgan fingerprint density at radius 1 is 1.33 bits per heavy atom. The zero-order chi connectivity index (χ0) is 14.9. The van der Waals surface area contributed by atoms with Crippen molar-refractivity contribution in [3.8, 4) is 0 Å². The lowest BCUT2D eigenvalue weighted by Crippen LogP contribution is -2.23. The first-order valence-corrected chi connectivity index (χ1v) is 9.06. The molecule has 6 nitrogen and oxygen atoms in total. The lowest BCUT2D eigenvalue weighted by Gasteiger charge is -2.11. The number of sulfone groups is 1. The standard InChI is InChI=1S/C12H12N4O2S3/c17-21(18,7-10-14-16-12(19)20-10)11-9(6-13-15-11)8-4-2-1-3-5-8/h1-5,9,13H,6-7H2,(H,16,19). The van der Waals surface area contributed by atoms with E-state index in [2.05, 4.69) is 20.7 Å². The molecular weight excluding hydrogens is 328 g/mol. The Kier molecular flexibility index (Phi) is 3.87. The molecule has 2 N–H and O–H groups in total. The predicted octanol–water partition coefficient (Wildman–Crippen LogP) is 1.82.